The lowest BCUT2D eigenvalue weighted by Gasteiger charge is -2.38. The van der Waals surface area contributed by atoms with E-state index in [0.29, 0.717) is 31.6 Å². The molecule has 9 nitrogen and oxygen atoms in total. The van der Waals surface area contributed by atoms with Crippen LogP contribution in [0.5, 0.6) is 0 Å². The third-order valence-corrected chi connectivity index (χ3v) is 5.59. The lowest BCUT2D eigenvalue weighted by molar-refractivity contribution is -0.143. The summed E-state index contributed by atoms with van der Waals surface area (Å²) in [6, 6.07) is 7.09. The number of rotatable bonds is 7. The van der Waals surface area contributed by atoms with Crippen molar-refractivity contribution in [2.45, 2.75) is 64.6 Å². The van der Waals surface area contributed by atoms with Gasteiger partial charge in [0.25, 0.3) is 5.91 Å². The van der Waals surface area contributed by atoms with Gasteiger partial charge >= 0.3 is 12.1 Å². The summed E-state index contributed by atoms with van der Waals surface area (Å²) in [5.41, 5.74) is 1.23. The second-order valence-corrected chi connectivity index (χ2v) is 8.08. The van der Waals surface area contributed by atoms with E-state index in [1.165, 1.54) is 4.90 Å². The Hall–Kier alpha value is -3.10. The fourth-order valence-electron chi connectivity index (χ4n) is 4.10. The van der Waals surface area contributed by atoms with Gasteiger partial charge in [-0.25, -0.2) is 4.79 Å². The molecule has 0 aliphatic carbocycles. The predicted molar refractivity (Wildman–Crippen MR) is 115 cm³/mol. The molecule has 2 heterocycles. The number of ether oxygens (including phenoxy) is 1. The fraction of sp³-hybridized carbons (Fsp3) is 0.545. The number of nitrogens with zero attached hydrogens (tertiary/aromatic N) is 3. The van der Waals surface area contributed by atoms with Crippen LogP contribution < -0.4 is 5.32 Å². The molecule has 168 valence electrons. The number of piperidine rings is 1. The number of para-hydroxylation sites is 1. The Labute approximate surface area is 181 Å². The van der Waals surface area contributed by atoms with Crippen LogP contribution in [0.2, 0.25) is 0 Å². The minimum absolute atomic E-state index is 0.101. The number of benzene rings is 1. The number of carbonyl (C=O) groups excluding carboxylic acids is 2. The van der Waals surface area contributed by atoms with Crippen LogP contribution in [-0.2, 0) is 9.53 Å². The summed E-state index contributed by atoms with van der Waals surface area (Å²) in [6.45, 7) is 6.23. The zero-order chi connectivity index (χ0) is 22.5. The normalized spacial score (nSPS) is 18.9. The Bertz CT molecular complexity index is 955. The van der Waals surface area contributed by atoms with Crippen molar-refractivity contribution < 1.29 is 24.2 Å². The van der Waals surface area contributed by atoms with E-state index in [1.807, 2.05) is 42.8 Å². The second-order valence-electron chi connectivity index (χ2n) is 8.08. The van der Waals surface area contributed by atoms with Gasteiger partial charge in [0.15, 0.2) is 5.69 Å². The van der Waals surface area contributed by atoms with Crippen LogP contribution in [0, 0.1) is 0 Å². The molecule has 0 spiro atoms. The number of hydrogen-bond donors (Lipinski definition) is 2. The van der Waals surface area contributed by atoms with Crippen LogP contribution >= 0.6 is 0 Å². The molecule has 0 unspecified atom stereocenters. The molecule has 2 amide bonds. The van der Waals surface area contributed by atoms with Gasteiger partial charge in [0.05, 0.1) is 12.1 Å². The Kier molecular flexibility index (Phi) is 7.14. The van der Waals surface area contributed by atoms with Gasteiger partial charge in [-0.15, -0.1) is 0 Å². The van der Waals surface area contributed by atoms with Crippen molar-refractivity contribution in [3.05, 3.63) is 30.0 Å². The van der Waals surface area contributed by atoms with Gasteiger partial charge in [-0.1, -0.05) is 18.2 Å². The van der Waals surface area contributed by atoms with Gasteiger partial charge in [-0.05, 0) is 46.1 Å². The number of carbonyl (C=O) groups is 3. The Morgan fingerprint density at radius 3 is 2.68 bits per heavy atom. The molecule has 1 aromatic carbocycles. The first-order chi connectivity index (χ1) is 14.8. The highest BCUT2D eigenvalue weighted by Crippen LogP contribution is 2.24. The van der Waals surface area contributed by atoms with Crippen molar-refractivity contribution in [3.63, 3.8) is 0 Å². The molecular formula is C22H30N4O5. The second kappa shape index (κ2) is 9.80. The summed E-state index contributed by atoms with van der Waals surface area (Å²) in [5, 5.41) is 17.9. The van der Waals surface area contributed by atoms with Crippen molar-refractivity contribution in [3.8, 4) is 0 Å². The zero-order valence-electron chi connectivity index (χ0n) is 18.2. The number of esters is 1. The third kappa shape index (κ3) is 5.15. The highest BCUT2D eigenvalue weighted by molar-refractivity contribution is 6.05. The van der Waals surface area contributed by atoms with Crippen molar-refractivity contribution in [1.29, 1.82) is 0 Å². The van der Waals surface area contributed by atoms with Crippen molar-refractivity contribution in [1.82, 2.24) is 20.0 Å². The van der Waals surface area contributed by atoms with Crippen LogP contribution in [0.1, 0.15) is 63.0 Å². The number of amides is 2. The maximum Gasteiger partial charge on any atom is 0.407 e. The number of hydrogen-bond acceptors (Lipinski definition) is 5. The topological polar surface area (TPSA) is 114 Å². The molecule has 2 aromatic rings. The van der Waals surface area contributed by atoms with Crippen LogP contribution in [0.3, 0.4) is 0 Å². The van der Waals surface area contributed by atoms with E-state index in [4.69, 9.17) is 4.74 Å². The van der Waals surface area contributed by atoms with Crippen molar-refractivity contribution in [2.24, 2.45) is 0 Å². The molecule has 0 bridgehead atoms. The molecule has 3 rings (SSSR count). The molecule has 2 atom stereocenters. The quantitative estimate of drug-likeness (QED) is 0.652. The Morgan fingerprint density at radius 2 is 2.00 bits per heavy atom. The molecular weight excluding hydrogens is 400 g/mol. The Morgan fingerprint density at radius 1 is 1.26 bits per heavy atom. The summed E-state index contributed by atoms with van der Waals surface area (Å²) < 4.78 is 6.75. The van der Waals surface area contributed by atoms with E-state index in [1.54, 1.807) is 6.92 Å². The molecule has 1 aliphatic heterocycles. The minimum Gasteiger partial charge on any atom is -0.466 e. The number of carboxylic acid groups (broad SMARTS) is 1. The average Bonchev–Trinajstić information content (AvgIpc) is 3.13. The van der Waals surface area contributed by atoms with E-state index in [2.05, 4.69) is 10.4 Å². The summed E-state index contributed by atoms with van der Waals surface area (Å²) in [6.07, 6.45) is 0.735. The lowest BCUT2D eigenvalue weighted by Crippen LogP contribution is -2.53. The molecule has 1 fully saturated rings. The zero-order valence-corrected chi connectivity index (χ0v) is 18.2. The molecule has 0 radical (unpaired) electrons. The lowest BCUT2D eigenvalue weighted by atomic mass is 9.95. The maximum absolute atomic E-state index is 13.0. The summed E-state index contributed by atoms with van der Waals surface area (Å²) in [4.78, 5) is 37.7. The van der Waals surface area contributed by atoms with Gasteiger partial charge in [-0.3, -0.25) is 14.3 Å². The van der Waals surface area contributed by atoms with Gasteiger partial charge in [0, 0.05) is 36.5 Å². The smallest absolute Gasteiger partial charge is 0.407 e. The highest BCUT2D eigenvalue weighted by atomic mass is 16.5. The predicted octanol–water partition coefficient (Wildman–Crippen LogP) is 3.20. The minimum atomic E-state index is -1.05. The molecule has 2 N–H and O–H groups in total. The SMILES string of the molecule is CCOC(=O)CC[C@H]1CC[C@@H](NC(=O)c2nn(C(C)C)c3ccccc23)CN1C(=O)O. The molecule has 0 saturated carbocycles. The van der Waals surface area contributed by atoms with Crippen LogP contribution in [0.15, 0.2) is 24.3 Å². The Balaban J connectivity index is 1.68. The highest BCUT2D eigenvalue weighted by Gasteiger charge is 2.33. The summed E-state index contributed by atoms with van der Waals surface area (Å²) in [7, 11) is 0. The molecule has 31 heavy (non-hydrogen) atoms. The van der Waals surface area contributed by atoms with Crippen LogP contribution in [0.4, 0.5) is 4.79 Å². The summed E-state index contributed by atoms with van der Waals surface area (Å²) in [5.74, 6) is -0.633. The first kappa shape index (κ1) is 22.6. The van der Waals surface area contributed by atoms with Gasteiger partial charge in [0.2, 0.25) is 0 Å². The molecule has 1 aliphatic rings. The van der Waals surface area contributed by atoms with Crippen LogP contribution in [0.25, 0.3) is 10.9 Å². The van der Waals surface area contributed by atoms with E-state index < -0.39 is 6.09 Å². The maximum atomic E-state index is 13.0. The first-order valence-corrected chi connectivity index (χ1v) is 10.7. The van der Waals surface area contributed by atoms with E-state index >= 15 is 0 Å². The van der Waals surface area contributed by atoms with Crippen LogP contribution in [-0.4, -0.2) is 63.0 Å². The van der Waals surface area contributed by atoms with E-state index in [9.17, 15) is 19.5 Å². The molecule has 9 heteroatoms. The number of fused-ring (bicyclic) bond motifs is 1. The number of aromatic nitrogens is 2. The fourth-order valence-corrected chi connectivity index (χ4v) is 4.10. The van der Waals surface area contributed by atoms with Gasteiger partial charge in [0.1, 0.15) is 0 Å². The van der Waals surface area contributed by atoms with E-state index in [-0.39, 0.29) is 43.0 Å². The number of nitrogens with one attached hydrogen (secondary N) is 1. The number of likely N-dealkylation sites (tertiary alicyclic amines) is 1. The van der Waals surface area contributed by atoms with Gasteiger partial charge in [-0.2, -0.15) is 5.10 Å². The first-order valence-electron chi connectivity index (χ1n) is 10.7. The molecule has 1 saturated heterocycles. The monoisotopic (exact) mass is 430 g/mol. The van der Waals surface area contributed by atoms with Crippen molar-refractivity contribution in [2.75, 3.05) is 13.2 Å². The largest absolute Gasteiger partial charge is 0.466 e. The van der Waals surface area contributed by atoms with Gasteiger partial charge < -0.3 is 20.1 Å². The average molecular weight is 431 g/mol. The standard InChI is InChI=1S/C22H30N4O5/c1-4-31-19(27)12-11-16-10-9-15(13-25(16)22(29)30)23-21(28)20-17-7-5-6-8-18(17)26(24-20)14(2)3/h5-8,14-16H,4,9-13H2,1-3H3,(H,23,28)(H,29,30)/t15-,16-/m1/s1. The van der Waals surface area contributed by atoms with Crippen molar-refractivity contribution >= 4 is 28.9 Å². The summed E-state index contributed by atoms with van der Waals surface area (Å²) >= 11 is 0. The molecule has 1 aromatic heterocycles. The third-order valence-electron chi connectivity index (χ3n) is 5.59. The van der Waals surface area contributed by atoms with E-state index in [0.717, 1.165) is 10.9 Å².